The molecular weight excluding hydrogens is 333 g/mol. The third kappa shape index (κ3) is 3.52. The Bertz CT molecular complexity index is 585. The normalized spacial score (nSPS) is 24.7. The maximum absolute atomic E-state index is 13.1. The number of ketones is 1. The third-order valence-corrected chi connectivity index (χ3v) is 5.48. The van der Waals surface area contributed by atoms with Gasteiger partial charge in [-0.2, -0.15) is 0 Å². The Morgan fingerprint density at radius 3 is 2.61 bits per heavy atom. The van der Waals surface area contributed by atoms with E-state index in [0.717, 1.165) is 43.8 Å². The maximum Gasteiger partial charge on any atom is 0.171 e. The van der Waals surface area contributed by atoms with E-state index in [4.69, 9.17) is 16.3 Å². The molecule has 1 aliphatic carbocycles. The van der Waals surface area contributed by atoms with E-state index in [0.29, 0.717) is 10.6 Å². The number of fused-ring (bicyclic) bond motifs is 1. The average Bonchev–Trinajstić information content (AvgIpc) is 2.52. The summed E-state index contributed by atoms with van der Waals surface area (Å²) in [5, 5.41) is 0.561. The molecule has 3 nitrogen and oxygen atoms in total. The van der Waals surface area contributed by atoms with Crippen LogP contribution in [0.4, 0.5) is 0 Å². The zero-order valence-electron chi connectivity index (χ0n) is 13.9. The molecule has 1 unspecified atom stereocenters. The summed E-state index contributed by atoms with van der Waals surface area (Å²) in [7, 11) is 1.65. The van der Waals surface area contributed by atoms with Crippen molar-refractivity contribution in [1.29, 1.82) is 0 Å². The van der Waals surface area contributed by atoms with Gasteiger partial charge in [-0.1, -0.05) is 24.9 Å². The zero-order chi connectivity index (χ0) is 15.7. The quantitative estimate of drug-likeness (QED) is 0.803. The number of hydrogen-bond donors (Lipinski definition) is 0. The van der Waals surface area contributed by atoms with Crippen molar-refractivity contribution in [3.63, 3.8) is 0 Å². The molecule has 0 radical (unpaired) electrons. The Hall–Kier alpha value is -0.770. The van der Waals surface area contributed by atoms with Gasteiger partial charge in [0, 0.05) is 23.1 Å². The molecule has 2 aliphatic rings. The van der Waals surface area contributed by atoms with Gasteiger partial charge >= 0.3 is 0 Å². The first-order valence-electron chi connectivity index (χ1n) is 8.18. The number of piperidine rings is 1. The van der Waals surface area contributed by atoms with Crippen LogP contribution in [0.25, 0.3) is 0 Å². The lowest BCUT2D eigenvalue weighted by atomic mass is 9.71. The second-order valence-electron chi connectivity index (χ2n) is 6.83. The zero-order valence-corrected chi connectivity index (χ0v) is 15.4. The van der Waals surface area contributed by atoms with Crippen molar-refractivity contribution in [2.45, 2.75) is 39.0 Å². The van der Waals surface area contributed by atoms with E-state index in [-0.39, 0.29) is 23.6 Å². The molecule has 5 heteroatoms. The molecule has 128 valence electrons. The standard InChI is InChI=1S/C18H24ClNO2.ClH/c1-18(12-20-10-4-3-5-11-20)9-8-13-15(22-2)7-6-14(19)16(13)17(18)21;/h6-7H,3-5,8-12H2,1-2H3;1H. The molecule has 1 atom stereocenters. The number of Topliss-reactive ketones (excluding diaryl/α,β-unsaturated/α-hetero) is 1. The number of methoxy groups -OCH3 is 1. The number of carbonyl (C=O) groups is 1. The minimum absolute atomic E-state index is 0. The summed E-state index contributed by atoms with van der Waals surface area (Å²) in [4.78, 5) is 15.6. The number of ether oxygens (including phenoxy) is 1. The second-order valence-corrected chi connectivity index (χ2v) is 7.24. The van der Waals surface area contributed by atoms with Gasteiger partial charge in [0.15, 0.2) is 5.78 Å². The summed E-state index contributed by atoms with van der Waals surface area (Å²) in [5.74, 6) is 0.969. The van der Waals surface area contributed by atoms with Crippen LogP contribution in [0.1, 0.15) is 48.5 Å². The van der Waals surface area contributed by atoms with Gasteiger partial charge in [-0.3, -0.25) is 4.79 Å². The average molecular weight is 358 g/mol. The molecule has 1 saturated heterocycles. The van der Waals surface area contributed by atoms with Crippen molar-refractivity contribution in [3.05, 3.63) is 28.3 Å². The first-order valence-corrected chi connectivity index (χ1v) is 8.55. The highest BCUT2D eigenvalue weighted by Gasteiger charge is 2.41. The van der Waals surface area contributed by atoms with Gasteiger partial charge in [0.1, 0.15) is 5.75 Å². The minimum atomic E-state index is -0.333. The van der Waals surface area contributed by atoms with Gasteiger partial charge in [0.05, 0.1) is 12.1 Å². The number of hydrogen-bond acceptors (Lipinski definition) is 3. The number of nitrogens with zero attached hydrogens (tertiary/aromatic N) is 1. The Kier molecular flexibility index (Phi) is 5.99. The summed E-state index contributed by atoms with van der Waals surface area (Å²) < 4.78 is 5.41. The van der Waals surface area contributed by atoms with E-state index >= 15 is 0 Å². The molecule has 1 aromatic rings. The van der Waals surface area contributed by atoms with Crippen molar-refractivity contribution >= 4 is 29.8 Å². The van der Waals surface area contributed by atoms with Crippen molar-refractivity contribution in [2.75, 3.05) is 26.7 Å². The van der Waals surface area contributed by atoms with Gasteiger partial charge in [-0.05, 0) is 50.9 Å². The van der Waals surface area contributed by atoms with Gasteiger partial charge in [0.2, 0.25) is 0 Å². The van der Waals surface area contributed by atoms with Crippen LogP contribution in [0, 0.1) is 5.41 Å². The lowest BCUT2D eigenvalue weighted by Crippen LogP contribution is -2.45. The number of likely N-dealkylation sites (tertiary alicyclic amines) is 1. The second kappa shape index (κ2) is 7.42. The van der Waals surface area contributed by atoms with Gasteiger partial charge < -0.3 is 9.64 Å². The van der Waals surface area contributed by atoms with Crippen molar-refractivity contribution in [2.24, 2.45) is 5.41 Å². The largest absolute Gasteiger partial charge is 0.496 e. The summed E-state index contributed by atoms with van der Waals surface area (Å²) in [5.41, 5.74) is 1.34. The SMILES string of the molecule is COc1ccc(Cl)c2c1CCC(C)(CN1CCCCC1)C2=O.Cl. The van der Waals surface area contributed by atoms with Crippen LogP contribution in [0.2, 0.25) is 5.02 Å². The van der Waals surface area contributed by atoms with Crippen LogP contribution in [0.3, 0.4) is 0 Å². The molecule has 23 heavy (non-hydrogen) atoms. The van der Waals surface area contributed by atoms with Crippen LogP contribution in [-0.4, -0.2) is 37.4 Å². The number of benzene rings is 1. The molecule has 0 bridgehead atoms. The minimum Gasteiger partial charge on any atom is -0.496 e. The summed E-state index contributed by atoms with van der Waals surface area (Å²) in [6, 6.07) is 3.64. The molecule has 3 rings (SSSR count). The first-order chi connectivity index (χ1) is 10.5. The smallest absolute Gasteiger partial charge is 0.171 e. The van der Waals surface area contributed by atoms with E-state index in [9.17, 15) is 4.79 Å². The fraction of sp³-hybridized carbons (Fsp3) is 0.611. The highest BCUT2D eigenvalue weighted by atomic mass is 35.5. The monoisotopic (exact) mass is 357 g/mol. The Morgan fingerprint density at radius 1 is 1.26 bits per heavy atom. The van der Waals surface area contributed by atoms with Crippen LogP contribution < -0.4 is 4.74 Å². The highest BCUT2D eigenvalue weighted by molar-refractivity contribution is 6.34. The highest BCUT2D eigenvalue weighted by Crippen LogP contribution is 2.42. The molecule has 0 aromatic heterocycles. The van der Waals surface area contributed by atoms with E-state index in [1.54, 1.807) is 13.2 Å². The summed E-state index contributed by atoms with van der Waals surface area (Å²) >= 11 is 6.35. The predicted octanol–water partition coefficient (Wildman–Crippen LogP) is 4.39. The van der Waals surface area contributed by atoms with Gasteiger partial charge in [0.25, 0.3) is 0 Å². The van der Waals surface area contributed by atoms with E-state index in [1.165, 1.54) is 19.3 Å². The van der Waals surface area contributed by atoms with Crippen molar-refractivity contribution in [3.8, 4) is 5.75 Å². The molecule has 1 heterocycles. The first kappa shape index (κ1) is 18.6. The molecule has 0 spiro atoms. The molecule has 0 N–H and O–H groups in total. The third-order valence-electron chi connectivity index (χ3n) is 5.16. The Balaban J connectivity index is 0.00000192. The molecule has 0 amide bonds. The van der Waals surface area contributed by atoms with Crippen LogP contribution in [0.15, 0.2) is 12.1 Å². The maximum atomic E-state index is 13.1. The topological polar surface area (TPSA) is 29.5 Å². The van der Waals surface area contributed by atoms with Crippen LogP contribution in [0.5, 0.6) is 5.75 Å². The van der Waals surface area contributed by atoms with E-state index in [1.807, 2.05) is 6.07 Å². The van der Waals surface area contributed by atoms with Crippen LogP contribution >= 0.6 is 24.0 Å². The van der Waals surface area contributed by atoms with Crippen molar-refractivity contribution in [1.82, 2.24) is 4.90 Å². The predicted molar refractivity (Wildman–Crippen MR) is 96.3 cm³/mol. The molecule has 1 aromatic carbocycles. The number of rotatable bonds is 3. The molecular formula is C18H25Cl2NO2. The fourth-order valence-electron chi connectivity index (χ4n) is 3.86. The van der Waals surface area contributed by atoms with Crippen LogP contribution in [-0.2, 0) is 6.42 Å². The molecule has 0 saturated carbocycles. The lowest BCUT2D eigenvalue weighted by molar-refractivity contribution is 0.0666. The number of carbonyl (C=O) groups excluding carboxylic acids is 1. The summed E-state index contributed by atoms with van der Waals surface area (Å²) in [6.07, 6.45) is 5.53. The van der Waals surface area contributed by atoms with E-state index < -0.39 is 0 Å². The molecule has 1 aliphatic heterocycles. The van der Waals surface area contributed by atoms with Crippen molar-refractivity contribution < 1.29 is 9.53 Å². The Morgan fingerprint density at radius 2 is 1.96 bits per heavy atom. The summed E-state index contributed by atoms with van der Waals surface area (Å²) in [6.45, 7) is 5.17. The van der Waals surface area contributed by atoms with E-state index in [2.05, 4.69) is 11.8 Å². The van der Waals surface area contributed by atoms with Gasteiger partial charge in [-0.15, -0.1) is 12.4 Å². The fourth-order valence-corrected chi connectivity index (χ4v) is 4.13. The lowest BCUT2D eigenvalue weighted by Gasteiger charge is -2.39. The van der Waals surface area contributed by atoms with Gasteiger partial charge in [-0.25, -0.2) is 0 Å². The molecule has 1 fully saturated rings. The number of halogens is 2. The Labute approximate surface area is 149 Å².